The quantitative estimate of drug-likeness (QED) is 0.0189. The first-order chi connectivity index (χ1) is 29.7. The van der Waals surface area contributed by atoms with E-state index in [9.17, 15) is 63.6 Å². The van der Waals surface area contributed by atoms with Crippen molar-refractivity contribution in [1.29, 1.82) is 0 Å². The number of carbonyl (C=O) groups excluding carboxylic acids is 5. The molecule has 1 aliphatic heterocycles. The van der Waals surface area contributed by atoms with Crippen molar-refractivity contribution in [2.45, 2.75) is 82.5 Å². The second kappa shape index (κ2) is 29.8. The number of amides is 5. The van der Waals surface area contributed by atoms with E-state index in [2.05, 4.69) is 36.6 Å². The van der Waals surface area contributed by atoms with Crippen LogP contribution in [0.25, 0.3) is 0 Å². The van der Waals surface area contributed by atoms with Gasteiger partial charge in [0.25, 0.3) is 0 Å². The van der Waals surface area contributed by atoms with Gasteiger partial charge >= 0.3 is 23.9 Å². The number of nitrogens with zero attached hydrogens (tertiary/aromatic N) is 5. The lowest BCUT2D eigenvalue weighted by Gasteiger charge is -2.25. The van der Waals surface area contributed by atoms with Crippen molar-refractivity contribution in [2.24, 2.45) is 32.9 Å². The largest absolute Gasteiger partial charge is 0.481 e. The number of nitrogens with two attached hydrogens (primary N) is 4. The van der Waals surface area contributed by atoms with E-state index in [1.54, 1.807) is 14.7 Å². The standard InChI is InChI=1S/C36H64N14O13/c1-22(51)44-23(7-4-10-42-35(37)38)31(59)47-26(18-28(53)54)33(61)45-24(8-5-11-43-36(39)40)32(60)46-25(34(62)63)6-2-3-9-41-27(52)19-48-12-14-49(20-29(55)56)16-17-50(15-13-48)21-30(57)58/h23-26H,2-21H2,1H3,(H,41,52)(H,44,51)(H,45,61)(H,46,60)(H,47,59)(H,53,54)(H,55,56)(H,57,58)(H,62,63)(H4,37,38,42)(H4,39,40,43)/t23-,24-,25-,26-/m0/s1. The zero-order valence-corrected chi connectivity index (χ0v) is 35.5. The van der Waals surface area contributed by atoms with Crippen LogP contribution in [0, 0.1) is 0 Å². The number of carbonyl (C=O) groups is 9. The molecule has 5 amide bonds. The molecule has 1 aliphatic rings. The molecule has 0 saturated carbocycles. The SMILES string of the molecule is CC(=O)N[C@@H](CCCN=C(N)N)C(=O)N[C@@H](CC(=O)O)C(=O)N[C@@H](CCCN=C(N)N)C(=O)N[C@@H](CCCCNC(=O)CN1CCN(CC(=O)O)CCN(CC(=O)O)CC1)C(=O)O. The molecule has 0 bridgehead atoms. The molecule has 63 heavy (non-hydrogen) atoms. The van der Waals surface area contributed by atoms with Gasteiger partial charge in [-0.2, -0.15) is 0 Å². The number of aliphatic carboxylic acids is 4. The summed E-state index contributed by atoms with van der Waals surface area (Å²) in [6.07, 6.45) is -0.329. The minimum Gasteiger partial charge on any atom is -0.481 e. The summed E-state index contributed by atoms with van der Waals surface area (Å²) in [5.41, 5.74) is 21.4. The lowest BCUT2D eigenvalue weighted by atomic mass is 10.1. The van der Waals surface area contributed by atoms with Crippen LogP contribution >= 0.6 is 0 Å². The molecular weight excluding hydrogens is 836 g/mol. The number of guanidine groups is 2. The van der Waals surface area contributed by atoms with Gasteiger partial charge in [-0.25, -0.2) is 4.79 Å². The summed E-state index contributed by atoms with van der Waals surface area (Å²) in [6.45, 7) is 2.93. The smallest absolute Gasteiger partial charge is 0.326 e. The van der Waals surface area contributed by atoms with E-state index in [0.29, 0.717) is 45.7 Å². The van der Waals surface area contributed by atoms with Crippen molar-refractivity contribution in [3.63, 3.8) is 0 Å². The van der Waals surface area contributed by atoms with Gasteiger partial charge in [-0.05, 0) is 44.9 Å². The van der Waals surface area contributed by atoms with Crippen LogP contribution in [0.4, 0.5) is 0 Å². The maximum Gasteiger partial charge on any atom is 0.326 e. The fourth-order valence-electron chi connectivity index (χ4n) is 6.25. The molecular formula is C36H64N14O13. The average molecular weight is 901 g/mol. The van der Waals surface area contributed by atoms with Crippen molar-refractivity contribution in [3.8, 4) is 0 Å². The Bertz CT molecular complexity index is 1600. The van der Waals surface area contributed by atoms with Crippen LogP contribution in [0.2, 0.25) is 0 Å². The molecule has 0 radical (unpaired) electrons. The number of rotatable bonds is 29. The molecule has 27 heteroatoms. The first-order valence-electron chi connectivity index (χ1n) is 20.3. The molecule has 1 fully saturated rings. The minimum atomic E-state index is -1.74. The van der Waals surface area contributed by atoms with Gasteiger partial charge in [0, 0.05) is 65.8 Å². The van der Waals surface area contributed by atoms with E-state index in [4.69, 9.17) is 22.9 Å². The van der Waals surface area contributed by atoms with Gasteiger partial charge < -0.3 is 69.9 Å². The highest BCUT2D eigenvalue weighted by Crippen LogP contribution is 2.08. The molecule has 1 heterocycles. The van der Waals surface area contributed by atoms with E-state index in [1.807, 2.05) is 0 Å². The summed E-state index contributed by atoms with van der Waals surface area (Å²) in [4.78, 5) is 124. The first-order valence-corrected chi connectivity index (χ1v) is 20.3. The highest BCUT2D eigenvalue weighted by molar-refractivity contribution is 5.96. The summed E-state index contributed by atoms with van der Waals surface area (Å²) in [7, 11) is 0. The van der Waals surface area contributed by atoms with Crippen LogP contribution in [0.15, 0.2) is 9.98 Å². The monoisotopic (exact) mass is 900 g/mol. The number of carboxylic acid groups (broad SMARTS) is 4. The van der Waals surface area contributed by atoms with Gasteiger partial charge in [-0.1, -0.05) is 0 Å². The third kappa shape index (κ3) is 25.9. The minimum absolute atomic E-state index is 0.00763. The Morgan fingerprint density at radius 1 is 0.524 bits per heavy atom. The zero-order chi connectivity index (χ0) is 47.5. The van der Waals surface area contributed by atoms with E-state index in [0.717, 1.165) is 6.92 Å². The molecule has 0 aromatic rings. The molecule has 4 atom stereocenters. The Hall–Kier alpha value is -6.35. The van der Waals surface area contributed by atoms with Crippen LogP contribution in [0.3, 0.4) is 0 Å². The number of hydrogen-bond donors (Lipinski definition) is 13. The third-order valence-electron chi connectivity index (χ3n) is 9.37. The van der Waals surface area contributed by atoms with Crippen molar-refractivity contribution >= 4 is 65.3 Å². The van der Waals surface area contributed by atoms with Gasteiger partial charge in [0.2, 0.25) is 29.5 Å². The normalized spacial score (nSPS) is 15.6. The fraction of sp³-hybridized carbons (Fsp3) is 0.694. The molecule has 17 N–H and O–H groups in total. The lowest BCUT2D eigenvalue weighted by molar-refractivity contribution is -0.143. The third-order valence-corrected chi connectivity index (χ3v) is 9.37. The molecule has 356 valence electrons. The van der Waals surface area contributed by atoms with E-state index in [-0.39, 0.29) is 95.6 Å². The average Bonchev–Trinajstić information content (AvgIpc) is 3.25. The molecule has 0 aromatic heterocycles. The van der Waals surface area contributed by atoms with Crippen LogP contribution in [-0.2, 0) is 43.2 Å². The molecule has 0 aliphatic carbocycles. The highest BCUT2D eigenvalue weighted by atomic mass is 16.4. The number of carboxylic acids is 4. The molecule has 0 aromatic carbocycles. The van der Waals surface area contributed by atoms with Gasteiger partial charge in [0.05, 0.1) is 26.1 Å². The van der Waals surface area contributed by atoms with Crippen LogP contribution < -0.4 is 49.5 Å². The summed E-state index contributed by atoms with van der Waals surface area (Å²) < 4.78 is 0. The number of hydrogen-bond acceptors (Lipinski definition) is 14. The van der Waals surface area contributed by atoms with Crippen molar-refractivity contribution in [2.75, 3.05) is 78.5 Å². The molecule has 0 spiro atoms. The highest BCUT2D eigenvalue weighted by Gasteiger charge is 2.32. The Kier molecular flexibility index (Phi) is 25.9. The Labute approximate surface area is 363 Å². The summed E-state index contributed by atoms with van der Waals surface area (Å²) in [6, 6.07) is -5.86. The Morgan fingerprint density at radius 2 is 0.921 bits per heavy atom. The van der Waals surface area contributed by atoms with Crippen LogP contribution in [0.5, 0.6) is 0 Å². The molecule has 1 rings (SSSR count). The molecule has 1 saturated heterocycles. The maximum atomic E-state index is 13.5. The number of aliphatic imine (C=N–C) groups is 2. The van der Waals surface area contributed by atoms with E-state index in [1.165, 1.54) is 0 Å². The maximum absolute atomic E-state index is 13.5. The predicted molar refractivity (Wildman–Crippen MR) is 225 cm³/mol. The van der Waals surface area contributed by atoms with Gasteiger partial charge in [-0.15, -0.1) is 0 Å². The number of nitrogens with one attached hydrogen (secondary N) is 5. The lowest BCUT2D eigenvalue weighted by Crippen LogP contribution is -2.58. The fourth-order valence-corrected chi connectivity index (χ4v) is 6.25. The molecule has 27 nitrogen and oxygen atoms in total. The van der Waals surface area contributed by atoms with Crippen molar-refractivity contribution < 1.29 is 63.6 Å². The number of unbranched alkanes of at least 4 members (excludes halogenated alkanes) is 1. The zero-order valence-electron chi connectivity index (χ0n) is 35.5. The van der Waals surface area contributed by atoms with Crippen LogP contribution in [0.1, 0.15) is 58.3 Å². The van der Waals surface area contributed by atoms with E-state index < -0.39 is 78.1 Å². The topological polar surface area (TPSA) is 433 Å². The first kappa shape index (κ1) is 54.7. The van der Waals surface area contributed by atoms with Crippen molar-refractivity contribution in [3.05, 3.63) is 0 Å². The Morgan fingerprint density at radius 3 is 1.33 bits per heavy atom. The van der Waals surface area contributed by atoms with Crippen molar-refractivity contribution in [1.82, 2.24) is 41.3 Å². The second-order valence-electron chi connectivity index (χ2n) is 14.7. The Balaban J connectivity index is 2.96. The van der Waals surface area contributed by atoms with Gasteiger partial charge in [-0.3, -0.25) is 63.0 Å². The van der Waals surface area contributed by atoms with E-state index >= 15 is 0 Å². The summed E-state index contributed by atoms with van der Waals surface area (Å²) in [5, 5.41) is 50.2. The molecule has 0 unspecified atom stereocenters. The van der Waals surface area contributed by atoms with Gasteiger partial charge in [0.15, 0.2) is 11.9 Å². The summed E-state index contributed by atoms with van der Waals surface area (Å²) in [5.74, 6) is -9.32. The predicted octanol–water partition coefficient (Wildman–Crippen LogP) is -6.01. The van der Waals surface area contributed by atoms with Crippen LogP contribution in [-0.4, -0.2) is 203 Å². The second-order valence-corrected chi connectivity index (χ2v) is 14.7. The van der Waals surface area contributed by atoms with Gasteiger partial charge in [0.1, 0.15) is 24.2 Å². The summed E-state index contributed by atoms with van der Waals surface area (Å²) >= 11 is 0.